The number of nitrogens with zero attached hydrogens (tertiary/aromatic N) is 2. The molecule has 3 nitrogen and oxygen atoms in total. The minimum atomic E-state index is -0.644. The van der Waals surface area contributed by atoms with Crippen LogP contribution in [0.15, 0.2) is 42.5 Å². The van der Waals surface area contributed by atoms with Crippen LogP contribution in [0, 0.1) is 12.9 Å². The Balaban J connectivity index is 2.09. The quantitative estimate of drug-likeness (QED) is 0.793. The number of hydrogen-bond donors (Lipinski definition) is 0. The van der Waals surface area contributed by atoms with Crippen LogP contribution in [-0.4, -0.2) is 22.8 Å². The number of benzene rings is 1. The van der Waals surface area contributed by atoms with E-state index in [1.807, 2.05) is 31.2 Å². The van der Waals surface area contributed by atoms with Gasteiger partial charge in [0.2, 0.25) is 5.95 Å². The van der Waals surface area contributed by atoms with Gasteiger partial charge in [-0.25, -0.2) is 4.98 Å². The summed E-state index contributed by atoms with van der Waals surface area (Å²) in [6.45, 7) is 2.48. The van der Waals surface area contributed by atoms with Crippen LogP contribution in [0.4, 0.5) is 4.39 Å². The summed E-state index contributed by atoms with van der Waals surface area (Å²) in [5, 5.41) is 0. The van der Waals surface area contributed by atoms with Gasteiger partial charge in [-0.2, -0.15) is 4.39 Å². The van der Waals surface area contributed by atoms with Crippen LogP contribution in [-0.2, 0) is 6.54 Å². The number of rotatable bonds is 3. The first-order valence-electron chi connectivity index (χ1n) is 6.00. The summed E-state index contributed by atoms with van der Waals surface area (Å²) in [6, 6.07) is 12.1. The van der Waals surface area contributed by atoms with Gasteiger partial charge in [-0.1, -0.05) is 35.9 Å². The lowest BCUT2D eigenvalue weighted by atomic mass is 10.1. The van der Waals surface area contributed by atoms with E-state index in [0.717, 1.165) is 5.56 Å². The zero-order chi connectivity index (χ0) is 13.8. The van der Waals surface area contributed by atoms with Crippen molar-refractivity contribution in [3.05, 3.63) is 65.2 Å². The molecule has 0 N–H and O–H groups in total. The van der Waals surface area contributed by atoms with Crippen molar-refractivity contribution in [1.29, 1.82) is 0 Å². The minimum absolute atomic E-state index is 0.120. The highest BCUT2D eigenvalue weighted by molar-refractivity contribution is 5.92. The Morgan fingerprint density at radius 3 is 2.53 bits per heavy atom. The third kappa shape index (κ3) is 3.37. The summed E-state index contributed by atoms with van der Waals surface area (Å²) in [7, 11) is 1.68. The summed E-state index contributed by atoms with van der Waals surface area (Å²) in [5.74, 6) is -0.935. The van der Waals surface area contributed by atoms with E-state index in [0.29, 0.717) is 6.54 Å². The summed E-state index contributed by atoms with van der Waals surface area (Å²) >= 11 is 0. The highest BCUT2D eigenvalue weighted by Gasteiger charge is 2.13. The Labute approximate surface area is 111 Å². The Hall–Kier alpha value is -2.23. The molecule has 0 spiro atoms. The lowest BCUT2D eigenvalue weighted by Gasteiger charge is -2.16. The molecule has 0 unspecified atom stereocenters. The van der Waals surface area contributed by atoms with E-state index in [4.69, 9.17) is 0 Å². The lowest BCUT2D eigenvalue weighted by molar-refractivity contribution is 0.0778. The molecule has 0 fully saturated rings. The van der Waals surface area contributed by atoms with Gasteiger partial charge in [0.1, 0.15) is 5.69 Å². The van der Waals surface area contributed by atoms with Gasteiger partial charge in [-0.05, 0) is 24.6 Å². The predicted molar refractivity (Wildman–Crippen MR) is 71.2 cm³/mol. The molecule has 0 aliphatic rings. The summed E-state index contributed by atoms with van der Waals surface area (Å²) in [4.78, 5) is 17.2. The fourth-order valence-corrected chi connectivity index (χ4v) is 1.76. The number of carbonyl (C=O) groups excluding carboxylic acids is 1. The van der Waals surface area contributed by atoms with Gasteiger partial charge in [0.15, 0.2) is 0 Å². The second kappa shape index (κ2) is 5.61. The van der Waals surface area contributed by atoms with Gasteiger partial charge in [0.05, 0.1) is 0 Å². The van der Waals surface area contributed by atoms with Crippen molar-refractivity contribution in [3.8, 4) is 0 Å². The maximum absolute atomic E-state index is 13.0. The fourth-order valence-electron chi connectivity index (χ4n) is 1.76. The van der Waals surface area contributed by atoms with Crippen molar-refractivity contribution >= 4 is 5.91 Å². The van der Waals surface area contributed by atoms with E-state index in [9.17, 15) is 9.18 Å². The van der Waals surface area contributed by atoms with E-state index in [1.165, 1.54) is 28.7 Å². The van der Waals surface area contributed by atoms with Crippen LogP contribution in [0.25, 0.3) is 0 Å². The molecule has 1 aromatic carbocycles. The molecule has 0 atom stereocenters. The highest BCUT2D eigenvalue weighted by Crippen LogP contribution is 2.08. The first kappa shape index (κ1) is 13.2. The molecule has 4 heteroatoms. The number of halogens is 1. The molecule has 19 heavy (non-hydrogen) atoms. The lowest BCUT2D eigenvalue weighted by Crippen LogP contribution is -2.27. The predicted octanol–water partition coefficient (Wildman–Crippen LogP) is 2.80. The van der Waals surface area contributed by atoms with Gasteiger partial charge in [0.25, 0.3) is 5.91 Å². The van der Waals surface area contributed by atoms with Gasteiger partial charge in [0, 0.05) is 13.6 Å². The van der Waals surface area contributed by atoms with Crippen LogP contribution < -0.4 is 0 Å². The molecule has 0 aliphatic heterocycles. The molecule has 0 bridgehead atoms. The molecular weight excluding hydrogens is 243 g/mol. The van der Waals surface area contributed by atoms with E-state index in [2.05, 4.69) is 4.98 Å². The zero-order valence-electron chi connectivity index (χ0n) is 10.9. The Bertz CT molecular complexity index is 581. The SMILES string of the molecule is Cc1ccc(CN(C)C(=O)c2cccc(F)n2)cc1. The molecule has 2 rings (SSSR count). The van der Waals surface area contributed by atoms with E-state index >= 15 is 0 Å². The topological polar surface area (TPSA) is 33.2 Å². The first-order valence-corrected chi connectivity index (χ1v) is 6.00. The van der Waals surface area contributed by atoms with E-state index in [1.54, 1.807) is 7.05 Å². The second-order valence-electron chi connectivity index (χ2n) is 4.49. The van der Waals surface area contributed by atoms with Crippen molar-refractivity contribution in [2.45, 2.75) is 13.5 Å². The smallest absolute Gasteiger partial charge is 0.272 e. The maximum atomic E-state index is 13.0. The third-order valence-electron chi connectivity index (χ3n) is 2.82. The Morgan fingerprint density at radius 1 is 1.21 bits per heavy atom. The van der Waals surface area contributed by atoms with Crippen molar-refractivity contribution < 1.29 is 9.18 Å². The molecule has 2 aromatic rings. The monoisotopic (exact) mass is 258 g/mol. The Kier molecular flexibility index (Phi) is 3.90. The third-order valence-corrected chi connectivity index (χ3v) is 2.82. The molecule has 1 aromatic heterocycles. The normalized spacial score (nSPS) is 10.3. The summed E-state index contributed by atoms with van der Waals surface area (Å²) in [6.07, 6.45) is 0. The second-order valence-corrected chi connectivity index (χ2v) is 4.49. The summed E-state index contributed by atoms with van der Waals surface area (Å²) in [5.41, 5.74) is 2.32. The number of amides is 1. The van der Waals surface area contributed by atoms with E-state index < -0.39 is 5.95 Å². The van der Waals surface area contributed by atoms with E-state index in [-0.39, 0.29) is 11.6 Å². The maximum Gasteiger partial charge on any atom is 0.272 e. The van der Waals surface area contributed by atoms with Gasteiger partial charge < -0.3 is 4.90 Å². The van der Waals surface area contributed by atoms with Crippen molar-refractivity contribution in [2.24, 2.45) is 0 Å². The highest BCUT2D eigenvalue weighted by atomic mass is 19.1. The van der Waals surface area contributed by atoms with Crippen molar-refractivity contribution in [2.75, 3.05) is 7.05 Å². The molecule has 1 amide bonds. The van der Waals surface area contributed by atoms with Gasteiger partial charge in [-0.15, -0.1) is 0 Å². The molecule has 0 saturated carbocycles. The first-order chi connectivity index (χ1) is 9.06. The number of pyridine rings is 1. The van der Waals surface area contributed by atoms with Crippen LogP contribution >= 0.6 is 0 Å². The molecule has 0 radical (unpaired) electrons. The molecule has 0 aliphatic carbocycles. The molecular formula is C15H15FN2O. The minimum Gasteiger partial charge on any atom is -0.336 e. The van der Waals surface area contributed by atoms with Gasteiger partial charge >= 0.3 is 0 Å². The number of hydrogen-bond acceptors (Lipinski definition) is 2. The molecule has 98 valence electrons. The standard InChI is InChI=1S/C15H15FN2O/c1-11-6-8-12(9-7-11)10-18(2)15(19)13-4-3-5-14(16)17-13/h3-9H,10H2,1-2H3. The van der Waals surface area contributed by atoms with Crippen LogP contribution in [0.5, 0.6) is 0 Å². The average Bonchev–Trinajstić information content (AvgIpc) is 2.40. The Morgan fingerprint density at radius 2 is 1.89 bits per heavy atom. The number of carbonyl (C=O) groups is 1. The average molecular weight is 258 g/mol. The van der Waals surface area contributed by atoms with Crippen LogP contribution in [0.3, 0.4) is 0 Å². The molecule has 1 heterocycles. The number of aryl methyl sites for hydroxylation is 1. The van der Waals surface area contributed by atoms with Crippen LogP contribution in [0.1, 0.15) is 21.6 Å². The largest absolute Gasteiger partial charge is 0.336 e. The molecule has 0 saturated heterocycles. The van der Waals surface area contributed by atoms with Gasteiger partial charge in [-0.3, -0.25) is 4.79 Å². The van der Waals surface area contributed by atoms with Crippen LogP contribution in [0.2, 0.25) is 0 Å². The zero-order valence-corrected chi connectivity index (χ0v) is 10.9. The summed E-state index contributed by atoms with van der Waals surface area (Å²) < 4.78 is 13.0. The fraction of sp³-hybridized carbons (Fsp3) is 0.200. The number of aromatic nitrogens is 1. The van der Waals surface area contributed by atoms with Crippen molar-refractivity contribution in [3.63, 3.8) is 0 Å². The van der Waals surface area contributed by atoms with Crippen molar-refractivity contribution in [1.82, 2.24) is 9.88 Å².